The summed E-state index contributed by atoms with van der Waals surface area (Å²) < 4.78 is 11.0. The second-order valence-corrected chi connectivity index (χ2v) is 5.35. The van der Waals surface area contributed by atoms with Gasteiger partial charge in [0.05, 0.1) is 19.2 Å². The summed E-state index contributed by atoms with van der Waals surface area (Å²) in [7, 11) is 0. The van der Waals surface area contributed by atoms with Crippen molar-refractivity contribution in [2.75, 3.05) is 32.8 Å². The lowest BCUT2D eigenvalue weighted by Crippen LogP contribution is -2.38. The smallest absolute Gasteiger partial charge is 0.234 e. The Hall–Kier alpha value is -1.30. The minimum absolute atomic E-state index is 0.0345. The summed E-state index contributed by atoms with van der Waals surface area (Å²) in [5.74, 6) is 0.706. The lowest BCUT2D eigenvalue weighted by atomic mass is 10.2. The van der Waals surface area contributed by atoms with Crippen LogP contribution in [0.3, 0.4) is 0 Å². The number of ether oxygens (including phenoxy) is 2. The van der Waals surface area contributed by atoms with Crippen LogP contribution in [0.15, 0.2) is 24.3 Å². The molecule has 1 fully saturated rings. The Labute approximate surface area is 130 Å². The number of hydrogen-bond acceptors (Lipinski definition) is 4. The lowest BCUT2D eigenvalue weighted by molar-refractivity contribution is -0.120. The van der Waals surface area contributed by atoms with Gasteiger partial charge in [-0.2, -0.15) is 0 Å². The summed E-state index contributed by atoms with van der Waals surface area (Å²) >= 11 is 5.78. The van der Waals surface area contributed by atoms with Crippen LogP contribution in [0, 0.1) is 0 Å². The van der Waals surface area contributed by atoms with E-state index in [4.69, 9.17) is 21.1 Å². The third-order valence-electron chi connectivity index (χ3n) is 3.19. The van der Waals surface area contributed by atoms with Gasteiger partial charge in [-0.25, -0.2) is 0 Å². The van der Waals surface area contributed by atoms with E-state index >= 15 is 0 Å². The first-order chi connectivity index (χ1) is 10.2. The van der Waals surface area contributed by atoms with Crippen molar-refractivity contribution in [3.8, 4) is 5.75 Å². The predicted octanol–water partition coefficient (Wildman–Crippen LogP) is 1.60. The molecule has 1 atom stereocenters. The van der Waals surface area contributed by atoms with Gasteiger partial charge in [0.25, 0.3) is 0 Å². The summed E-state index contributed by atoms with van der Waals surface area (Å²) in [4.78, 5) is 11.6. The maximum absolute atomic E-state index is 11.6. The number of nitrogens with one attached hydrogen (secondary N) is 2. The van der Waals surface area contributed by atoms with E-state index in [1.54, 1.807) is 24.3 Å². The second kappa shape index (κ2) is 8.87. The fraction of sp³-hybridized carbons (Fsp3) is 0.533. The van der Waals surface area contributed by atoms with Crippen molar-refractivity contribution in [1.29, 1.82) is 0 Å². The zero-order chi connectivity index (χ0) is 14.9. The number of hydrogen-bond donors (Lipinski definition) is 2. The van der Waals surface area contributed by atoms with Crippen LogP contribution in [0.25, 0.3) is 0 Å². The van der Waals surface area contributed by atoms with Crippen LogP contribution < -0.4 is 15.4 Å². The summed E-state index contributed by atoms with van der Waals surface area (Å²) in [6, 6.07) is 7.13. The minimum Gasteiger partial charge on any atom is -0.492 e. The van der Waals surface area contributed by atoms with Crippen molar-refractivity contribution in [3.63, 3.8) is 0 Å². The van der Waals surface area contributed by atoms with E-state index in [0.717, 1.165) is 31.7 Å². The summed E-state index contributed by atoms with van der Waals surface area (Å²) in [5.41, 5.74) is 0. The molecule has 1 saturated heterocycles. The van der Waals surface area contributed by atoms with Crippen molar-refractivity contribution in [2.24, 2.45) is 0 Å². The maximum atomic E-state index is 11.6. The fourth-order valence-electron chi connectivity index (χ4n) is 2.10. The summed E-state index contributed by atoms with van der Waals surface area (Å²) in [5, 5.41) is 6.57. The number of halogens is 1. The van der Waals surface area contributed by atoms with Crippen LogP contribution in [0.4, 0.5) is 0 Å². The first-order valence-corrected chi connectivity index (χ1v) is 7.59. The Morgan fingerprint density at radius 1 is 1.38 bits per heavy atom. The molecule has 0 bridgehead atoms. The zero-order valence-corrected chi connectivity index (χ0v) is 12.7. The Bertz CT molecular complexity index is 433. The van der Waals surface area contributed by atoms with E-state index in [1.807, 2.05) is 0 Å². The van der Waals surface area contributed by atoms with Gasteiger partial charge in [0.15, 0.2) is 0 Å². The molecule has 116 valence electrons. The van der Waals surface area contributed by atoms with E-state index < -0.39 is 0 Å². The van der Waals surface area contributed by atoms with E-state index in [-0.39, 0.29) is 12.0 Å². The topological polar surface area (TPSA) is 59.6 Å². The van der Waals surface area contributed by atoms with Gasteiger partial charge < -0.3 is 20.1 Å². The molecule has 6 heteroatoms. The van der Waals surface area contributed by atoms with E-state index in [9.17, 15) is 4.79 Å². The zero-order valence-electron chi connectivity index (χ0n) is 11.9. The molecule has 21 heavy (non-hydrogen) atoms. The van der Waals surface area contributed by atoms with Crippen molar-refractivity contribution in [3.05, 3.63) is 29.3 Å². The van der Waals surface area contributed by atoms with Gasteiger partial charge in [-0.3, -0.25) is 4.79 Å². The Morgan fingerprint density at radius 2 is 2.19 bits per heavy atom. The molecule has 0 aliphatic carbocycles. The van der Waals surface area contributed by atoms with Crippen LogP contribution in [0.1, 0.15) is 12.8 Å². The molecule has 1 aromatic carbocycles. The Kier molecular flexibility index (Phi) is 6.79. The molecule has 1 amide bonds. The highest BCUT2D eigenvalue weighted by atomic mass is 35.5. The third-order valence-corrected chi connectivity index (χ3v) is 3.44. The average Bonchev–Trinajstić information content (AvgIpc) is 2.99. The molecule has 2 rings (SSSR count). The first-order valence-electron chi connectivity index (χ1n) is 7.21. The molecule has 0 aromatic heterocycles. The Morgan fingerprint density at radius 3 is 2.90 bits per heavy atom. The van der Waals surface area contributed by atoms with Crippen LogP contribution in [0.5, 0.6) is 5.75 Å². The van der Waals surface area contributed by atoms with Gasteiger partial charge in [-0.05, 0) is 37.1 Å². The molecular weight excluding hydrogens is 292 g/mol. The number of benzene rings is 1. The van der Waals surface area contributed by atoms with Crippen molar-refractivity contribution >= 4 is 17.5 Å². The van der Waals surface area contributed by atoms with Crippen LogP contribution >= 0.6 is 11.6 Å². The highest BCUT2D eigenvalue weighted by Gasteiger charge is 2.14. The largest absolute Gasteiger partial charge is 0.492 e. The van der Waals surface area contributed by atoms with E-state index in [1.165, 1.54) is 0 Å². The highest BCUT2D eigenvalue weighted by molar-refractivity contribution is 6.30. The van der Waals surface area contributed by atoms with Gasteiger partial charge >= 0.3 is 0 Å². The van der Waals surface area contributed by atoms with Gasteiger partial charge in [-0.15, -0.1) is 0 Å². The van der Waals surface area contributed by atoms with E-state index in [0.29, 0.717) is 24.7 Å². The highest BCUT2D eigenvalue weighted by Crippen LogP contribution is 2.15. The number of carbonyl (C=O) groups is 1. The van der Waals surface area contributed by atoms with Gasteiger partial charge in [-0.1, -0.05) is 11.6 Å². The molecule has 1 aromatic rings. The van der Waals surface area contributed by atoms with Crippen molar-refractivity contribution in [2.45, 2.75) is 18.9 Å². The monoisotopic (exact) mass is 312 g/mol. The van der Waals surface area contributed by atoms with Gasteiger partial charge in [0, 0.05) is 18.2 Å². The third kappa shape index (κ3) is 6.33. The molecule has 0 radical (unpaired) electrons. The number of rotatable bonds is 8. The second-order valence-electron chi connectivity index (χ2n) is 4.92. The van der Waals surface area contributed by atoms with Crippen LogP contribution in [0.2, 0.25) is 5.02 Å². The SMILES string of the molecule is O=C(CNCC1CCCO1)NCCOc1ccc(Cl)cc1. The molecule has 1 aliphatic rings. The molecule has 1 aliphatic heterocycles. The average molecular weight is 313 g/mol. The standard InChI is InChI=1S/C15H21ClN2O3/c16-12-3-5-13(6-4-12)21-9-7-18-15(19)11-17-10-14-2-1-8-20-14/h3-6,14,17H,1-2,7-11H2,(H,18,19). The summed E-state index contributed by atoms with van der Waals surface area (Å²) in [6.45, 7) is 2.78. The molecule has 1 heterocycles. The maximum Gasteiger partial charge on any atom is 0.234 e. The molecule has 0 saturated carbocycles. The minimum atomic E-state index is -0.0345. The first kappa shape index (κ1) is 16.1. The normalized spacial score (nSPS) is 17.7. The van der Waals surface area contributed by atoms with Gasteiger partial charge in [0.2, 0.25) is 5.91 Å². The Balaban J connectivity index is 1.49. The molecule has 1 unspecified atom stereocenters. The fourth-order valence-corrected chi connectivity index (χ4v) is 2.23. The number of carbonyl (C=O) groups excluding carboxylic acids is 1. The van der Waals surface area contributed by atoms with Crippen LogP contribution in [-0.4, -0.2) is 44.9 Å². The molecular formula is C15H21ClN2O3. The molecule has 2 N–H and O–H groups in total. The van der Waals surface area contributed by atoms with Crippen LogP contribution in [-0.2, 0) is 9.53 Å². The molecule has 0 spiro atoms. The summed E-state index contributed by atoms with van der Waals surface area (Å²) in [6.07, 6.45) is 2.44. The van der Waals surface area contributed by atoms with Crippen molar-refractivity contribution in [1.82, 2.24) is 10.6 Å². The van der Waals surface area contributed by atoms with E-state index in [2.05, 4.69) is 10.6 Å². The quantitative estimate of drug-likeness (QED) is 0.716. The van der Waals surface area contributed by atoms with Gasteiger partial charge in [0.1, 0.15) is 12.4 Å². The number of amides is 1. The molecule has 5 nitrogen and oxygen atoms in total. The predicted molar refractivity (Wildman–Crippen MR) is 81.8 cm³/mol. The van der Waals surface area contributed by atoms with Crippen molar-refractivity contribution < 1.29 is 14.3 Å². The lowest BCUT2D eigenvalue weighted by Gasteiger charge is -2.11.